The summed E-state index contributed by atoms with van der Waals surface area (Å²) < 4.78 is 13.4. The van der Waals surface area contributed by atoms with Crippen LogP contribution in [0, 0.1) is 5.82 Å². The highest BCUT2D eigenvalue weighted by Crippen LogP contribution is 2.21. The summed E-state index contributed by atoms with van der Waals surface area (Å²) in [4.78, 5) is 23.8. The Morgan fingerprint density at radius 2 is 1.61 bits per heavy atom. The van der Waals surface area contributed by atoms with Crippen LogP contribution in [0.3, 0.4) is 0 Å². The van der Waals surface area contributed by atoms with Gasteiger partial charge in [0.25, 0.3) is 5.91 Å². The van der Waals surface area contributed by atoms with E-state index in [9.17, 15) is 9.18 Å². The predicted octanol–water partition coefficient (Wildman–Crippen LogP) is 5.42. The maximum atomic E-state index is 13.4. The van der Waals surface area contributed by atoms with Crippen LogP contribution < -0.4 is 10.6 Å². The minimum atomic E-state index is -0.299. The molecule has 1 fully saturated rings. The number of rotatable bonds is 7. The second kappa shape index (κ2) is 11.1. The zero-order chi connectivity index (χ0) is 24.7. The second-order valence-electron chi connectivity index (χ2n) is 9.02. The molecule has 0 unspecified atom stereocenters. The van der Waals surface area contributed by atoms with Gasteiger partial charge in [0, 0.05) is 54.9 Å². The maximum absolute atomic E-state index is 13.4. The Balaban J connectivity index is 1.11. The molecule has 1 aromatic heterocycles. The van der Waals surface area contributed by atoms with Crippen LogP contribution in [0.15, 0.2) is 91.3 Å². The van der Waals surface area contributed by atoms with Gasteiger partial charge in [-0.25, -0.2) is 14.4 Å². The summed E-state index contributed by atoms with van der Waals surface area (Å²) in [7, 11) is 0. The van der Waals surface area contributed by atoms with E-state index in [1.54, 1.807) is 30.6 Å². The molecule has 4 aromatic rings. The van der Waals surface area contributed by atoms with E-state index in [0.717, 1.165) is 49.3 Å². The van der Waals surface area contributed by atoms with E-state index in [-0.39, 0.29) is 17.8 Å². The molecule has 0 bridgehead atoms. The van der Waals surface area contributed by atoms with Crippen LogP contribution in [0.5, 0.6) is 0 Å². The van der Waals surface area contributed by atoms with Crippen LogP contribution in [-0.4, -0.2) is 39.9 Å². The number of carbonyl (C=O) groups is 1. The summed E-state index contributed by atoms with van der Waals surface area (Å²) in [6.45, 7) is 2.90. The lowest BCUT2D eigenvalue weighted by molar-refractivity contribution is 0.0909. The van der Waals surface area contributed by atoms with Crippen molar-refractivity contribution in [3.63, 3.8) is 0 Å². The van der Waals surface area contributed by atoms with Crippen molar-refractivity contribution in [3.05, 3.63) is 108 Å². The molecular formula is C29H28FN5O. The fourth-order valence-electron chi connectivity index (χ4n) is 4.39. The number of amides is 1. The second-order valence-corrected chi connectivity index (χ2v) is 9.02. The fourth-order valence-corrected chi connectivity index (χ4v) is 4.39. The van der Waals surface area contributed by atoms with Gasteiger partial charge in [0.1, 0.15) is 5.82 Å². The Hall–Kier alpha value is -4.10. The first kappa shape index (κ1) is 23.6. The van der Waals surface area contributed by atoms with Crippen LogP contribution in [0.2, 0.25) is 0 Å². The lowest BCUT2D eigenvalue weighted by atomic mass is 10.0. The van der Waals surface area contributed by atoms with Gasteiger partial charge < -0.3 is 10.6 Å². The Morgan fingerprint density at radius 1 is 0.889 bits per heavy atom. The van der Waals surface area contributed by atoms with E-state index >= 15 is 0 Å². The van der Waals surface area contributed by atoms with Crippen molar-refractivity contribution < 1.29 is 9.18 Å². The third-order valence-corrected chi connectivity index (χ3v) is 6.38. The highest BCUT2D eigenvalue weighted by Gasteiger charge is 2.21. The molecule has 1 amide bonds. The van der Waals surface area contributed by atoms with E-state index in [0.29, 0.717) is 11.5 Å². The topological polar surface area (TPSA) is 70.2 Å². The largest absolute Gasteiger partial charge is 0.349 e. The molecule has 0 aliphatic carbocycles. The number of nitrogens with zero attached hydrogens (tertiary/aromatic N) is 3. The summed E-state index contributed by atoms with van der Waals surface area (Å²) in [5, 5.41) is 6.31. The number of likely N-dealkylation sites (tertiary alicyclic amines) is 1. The number of anilines is 2. The molecule has 1 saturated heterocycles. The normalized spacial score (nSPS) is 14.4. The van der Waals surface area contributed by atoms with E-state index < -0.39 is 0 Å². The molecule has 7 heteroatoms. The lowest BCUT2D eigenvalue weighted by Crippen LogP contribution is -2.44. The Kier molecular flexibility index (Phi) is 7.28. The van der Waals surface area contributed by atoms with Crippen molar-refractivity contribution in [2.45, 2.75) is 25.4 Å². The van der Waals surface area contributed by atoms with Crippen LogP contribution in [0.25, 0.3) is 11.1 Å². The van der Waals surface area contributed by atoms with E-state index in [4.69, 9.17) is 0 Å². The molecular weight excluding hydrogens is 453 g/mol. The van der Waals surface area contributed by atoms with Gasteiger partial charge in [-0.2, -0.15) is 0 Å². The minimum absolute atomic E-state index is 0.0567. The number of halogens is 1. The maximum Gasteiger partial charge on any atom is 0.251 e. The first-order valence-corrected chi connectivity index (χ1v) is 12.1. The van der Waals surface area contributed by atoms with Crippen LogP contribution >= 0.6 is 0 Å². The third kappa shape index (κ3) is 6.12. The fraction of sp³-hybridized carbons (Fsp3) is 0.207. The molecule has 1 aliphatic heterocycles. The number of nitrogens with one attached hydrogen (secondary N) is 2. The van der Waals surface area contributed by atoms with E-state index in [2.05, 4.69) is 49.8 Å². The monoisotopic (exact) mass is 481 g/mol. The number of aromatic nitrogens is 2. The van der Waals surface area contributed by atoms with Gasteiger partial charge in [0.05, 0.1) is 0 Å². The summed E-state index contributed by atoms with van der Waals surface area (Å²) in [6.07, 6.45) is 5.19. The van der Waals surface area contributed by atoms with Crippen molar-refractivity contribution in [1.29, 1.82) is 0 Å². The van der Waals surface area contributed by atoms with Gasteiger partial charge in [0.15, 0.2) is 0 Å². The zero-order valence-electron chi connectivity index (χ0n) is 19.9. The smallest absolute Gasteiger partial charge is 0.251 e. The average Bonchev–Trinajstić information content (AvgIpc) is 2.91. The lowest BCUT2D eigenvalue weighted by Gasteiger charge is -2.32. The standard InChI is InChI=1S/C29H28FN5O/c30-25-8-4-7-23(17-25)24-18-31-29(32-19-24)34-26-11-9-22(10-12-26)28(36)33-27-13-15-35(16-14-27)20-21-5-2-1-3-6-21/h1-12,17-19,27H,13-16,20H2,(H,33,36)(H,31,32,34). The average molecular weight is 482 g/mol. The molecule has 0 saturated carbocycles. The quantitative estimate of drug-likeness (QED) is 0.369. The van der Waals surface area contributed by atoms with Gasteiger partial charge in [0.2, 0.25) is 5.95 Å². The molecule has 6 nitrogen and oxygen atoms in total. The Labute approximate surface area is 210 Å². The van der Waals surface area contributed by atoms with Gasteiger partial charge in [-0.05, 0) is 60.4 Å². The van der Waals surface area contributed by atoms with Crippen LogP contribution in [0.4, 0.5) is 16.0 Å². The van der Waals surface area contributed by atoms with Gasteiger partial charge in [-0.15, -0.1) is 0 Å². The third-order valence-electron chi connectivity index (χ3n) is 6.38. The zero-order valence-corrected chi connectivity index (χ0v) is 19.9. The molecule has 36 heavy (non-hydrogen) atoms. The van der Waals surface area contributed by atoms with Crippen molar-refractivity contribution in [1.82, 2.24) is 20.2 Å². The predicted molar refractivity (Wildman–Crippen MR) is 139 cm³/mol. The van der Waals surface area contributed by atoms with Gasteiger partial charge in [-0.3, -0.25) is 9.69 Å². The van der Waals surface area contributed by atoms with Crippen molar-refractivity contribution >= 4 is 17.5 Å². The summed E-state index contributed by atoms with van der Waals surface area (Å²) in [6, 6.07) is 24.2. The summed E-state index contributed by atoms with van der Waals surface area (Å²) in [5.41, 5.74) is 4.17. The molecule has 0 atom stereocenters. The molecule has 5 rings (SSSR count). The van der Waals surface area contributed by atoms with Crippen molar-refractivity contribution in [3.8, 4) is 11.1 Å². The Morgan fingerprint density at radius 3 is 2.31 bits per heavy atom. The first-order chi connectivity index (χ1) is 17.6. The Bertz CT molecular complexity index is 1290. The highest BCUT2D eigenvalue weighted by molar-refractivity contribution is 5.94. The van der Waals surface area contributed by atoms with Gasteiger partial charge >= 0.3 is 0 Å². The first-order valence-electron chi connectivity index (χ1n) is 12.1. The molecule has 2 heterocycles. The summed E-state index contributed by atoms with van der Waals surface area (Å²) >= 11 is 0. The molecule has 182 valence electrons. The van der Waals surface area contributed by atoms with Crippen molar-refractivity contribution in [2.24, 2.45) is 0 Å². The summed E-state index contributed by atoms with van der Waals surface area (Å²) in [5.74, 6) is 0.0701. The number of carbonyl (C=O) groups excluding carboxylic acids is 1. The molecule has 1 aliphatic rings. The number of hydrogen-bond donors (Lipinski definition) is 2. The number of hydrogen-bond acceptors (Lipinski definition) is 5. The van der Waals surface area contributed by atoms with Gasteiger partial charge in [-0.1, -0.05) is 42.5 Å². The minimum Gasteiger partial charge on any atom is -0.349 e. The van der Waals surface area contributed by atoms with E-state index in [1.807, 2.05) is 24.3 Å². The van der Waals surface area contributed by atoms with Crippen molar-refractivity contribution in [2.75, 3.05) is 18.4 Å². The molecule has 0 radical (unpaired) electrons. The van der Waals surface area contributed by atoms with Crippen LogP contribution in [-0.2, 0) is 6.54 Å². The van der Waals surface area contributed by atoms with Crippen LogP contribution in [0.1, 0.15) is 28.8 Å². The number of piperidine rings is 1. The molecule has 0 spiro atoms. The molecule has 2 N–H and O–H groups in total. The number of benzene rings is 3. The molecule has 3 aromatic carbocycles. The van der Waals surface area contributed by atoms with E-state index in [1.165, 1.54) is 17.7 Å². The SMILES string of the molecule is O=C(NC1CCN(Cc2ccccc2)CC1)c1ccc(Nc2ncc(-c3cccc(F)c3)cn2)cc1. The highest BCUT2D eigenvalue weighted by atomic mass is 19.1.